The first-order chi connectivity index (χ1) is 14.2. The van der Waals surface area contributed by atoms with E-state index in [1.807, 2.05) is 57.2 Å². The minimum Gasteiger partial charge on any atom is -0.497 e. The van der Waals surface area contributed by atoms with Crippen molar-refractivity contribution in [3.05, 3.63) is 71.3 Å². The lowest BCUT2D eigenvalue weighted by atomic mass is 10.0. The molecule has 0 unspecified atom stereocenters. The summed E-state index contributed by atoms with van der Waals surface area (Å²) in [6.45, 7) is 7.71. The molecule has 0 spiro atoms. The Bertz CT molecular complexity index is 901. The number of hydrogen-bond acceptors (Lipinski definition) is 5. The van der Waals surface area contributed by atoms with Crippen LogP contribution in [0.3, 0.4) is 0 Å². The first kappa shape index (κ1) is 22.1. The lowest BCUT2D eigenvalue weighted by Crippen LogP contribution is -2.27. The predicted octanol–water partition coefficient (Wildman–Crippen LogP) is 5.14. The molecule has 0 saturated carbocycles. The average Bonchev–Trinajstić information content (AvgIpc) is 3.00. The summed E-state index contributed by atoms with van der Waals surface area (Å²) in [5.41, 5.74) is 2.45. The predicted molar refractivity (Wildman–Crippen MR) is 118 cm³/mol. The number of carbonyl (C=O) groups excluding carboxylic acids is 1. The Balaban J connectivity index is 1.91. The van der Waals surface area contributed by atoms with E-state index in [0.29, 0.717) is 0 Å². The van der Waals surface area contributed by atoms with Crippen LogP contribution in [-0.2, 0) is 14.3 Å². The lowest BCUT2D eigenvalue weighted by Gasteiger charge is -2.23. The number of nitrogens with zero attached hydrogens (tertiary/aromatic N) is 1. The molecule has 2 aromatic carbocycles. The molecule has 5 nitrogen and oxygen atoms in total. The zero-order valence-corrected chi connectivity index (χ0v) is 18.6. The summed E-state index contributed by atoms with van der Waals surface area (Å²) >= 11 is 0. The molecular formula is C25H31NO4. The largest absolute Gasteiger partial charge is 0.497 e. The molecule has 0 amide bonds. The van der Waals surface area contributed by atoms with Crippen LogP contribution in [0, 0.1) is 0 Å². The van der Waals surface area contributed by atoms with Gasteiger partial charge in [0.2, 0.25) is 0 Å². The van der Waals surface area contributed by atoms with E-state index in [1.54, 1.807) is 13.2 Å². The Morgan fingerprint density at radius 1 is 1.13 bits per heavy atom. The fraction of sp³-hybridized carbons (Fsp3) is 0.400. The standard InChI is InChI=1S/C25H31NO4/c1-17-23(19-10-8-7-9-11-19)29-24(26(17)5)21-16-20(28-6)14-12-18(21)13-15-22(27)30-25(2,3)4/h7-17,23-24H,1-6H3/b15-13+/t17-,23+,24-/m0/s1. The van der Waals surface area contributed by atoms with Gasteiger partial charge in [0.05, 0.1) is 7.11 Å². The fourth-order valence-corrected chi connectivity index (χ4v) is 3.61. The van der Waals surface area contributed by atoms with Crippen molar-refractivity contribution in [2.45, 2.75) is 51.7 Å². The van der Waals surface area contributed by atoms with Gasteiger partial charge in [0.25, 0.3) is 0 Å². The van der Waals surface area contributed by atoms with E-state index in [9.17, 15) is 4.79 Å². The van der Waals surface area contributed by atoms with Gasteiger partial charge in [-0.3, -0.25) is 4.90 Å². The van der Waals surface area contributed by atoms with Crippen LogP contribution in [0.1, 0.15) is 56.7 Å². The summed E-state index contributed by atoms with van der Waals surface area (Å²) in [6, 6.07) is 16.2. The molecule has 0 bridgehead atoms. The third kappa shape index (κ3) is 5.10. The first-order valence-electron chi connectivity index (χ1n) is 10.2. The van der Waals surface area contributed by atoms with Crippen molar-refractivity contribution in [3.8, 4) is 5.75 Å². The van der Waals surface area contributed by atoms with Crippen LogP contribution in [0.15, 0.2) is 54.6 Å². The van der Waals surface area contributed by atoms with E-state index in [4.69, 9.17) is 14.2 Å². The number of methoxy groups -OCH3 is 1. The van der Waals surface area contributed by atoms with Crippen molar-refractivity contribution in [1.29, 1.82) is 0 Å². The summed E-state index contributed by atoms with van der Waals surface area (Å²) < 4.78 is 17.3. The molecule has 1 aliphatic heterocycles. The van der Waals surface area contributed by atoms with E-state index in [1.165, 1.54) is 6.08 Å². The highest BCUT2D eigenvalue weighted by atomic mass is 16.6. The van der Waals surface area contributed by atoms with E-state index >= 15 is 0 Å². The number of esters is 1. The lowest BCUT2D eigenvalue weighted by molar-refractivity contribution is -0.148. The molecule has 0 aromatic heterocycles. The first-order valence-corrected chi connectivity index (χ1v) is 10.2. The van der Waals surface area contributed by atoms with Crippen LogP contribution in [-0.4, -0.2) is 36.7 Å². The van der Waals surface area contributed by atoms with Crippen LogP contribution >= 0.6 is 0 Å². The minimum absolute atomic E-state index is 0.0462. The quantitative estimate of drug-likeness (QED) is 0.505. The molecule has 5 heteroatoms. The van der Waals surface area contributed by atoms with Gasteiger partial charge in [-0.15, -0.1) is 0 Å². The van der Waals surface area contributed by atoms with Gasteiger partial charge in [-0.1, -0.05) is 36.4 Å². The van der Waals surface area contributed by atoms with Crippen molar-refractivity contribution in [2.24, 2.45) is 0 Å². The van der Waals surface area contributed by atoms with Crippen LogP contribution in [0.25, 0.3) is 6.08 Å². The molecule has 0 radical (unpaired) electrons. The van der Waals surface area contributed by atoms with Crippen LogP contribution < -0.4 is 4.74 Å². The highest BCUT2D eigenvalue weighted by Gasteiger charge is 2.39. The maximum atomic E-state index is 12.2. The molecule has 3 atom stereocenters. The second-order valence-corrected chi connectivity index (χ2v) is 8.59. The number of ether oxygens (including phenoxy) is 3. The van der Waals surface area contributed by atoms with E-state index in [2.05, 4.69) is 31.0 Å². The average molecular weight is 410 g/mol. The molecular weight excluding hydrogens is 378 g/mol. The smallest absolute Gasteiger partial charge is 0.331 e. The summed E-state index contributed by atoms with van der Waals surface area (Å²) in [5, 5.41) is 0. The van der Waals surface area contributed by atoms with Crippen molar-refractivity contribution in [3.63, 3.8) is 0 Å². The molecule has 2 aromatic rings. The normalized spacial score (nSPS) is 22.4. The Hall–Kier alpha value is -2.63. The summed E-state index contributed by atoms with van der Waals surface area (Å²) in [5.74, 6) is 0.368. The molecule has 0 aliphatic carbocycles. The Morgan fingerprint density at radius 3 is 2.47 bits per heavy atom. The molecule has 30 heavy (non-hydrogen) atoms. The molecule has 1 heterocycles. The van der Waals surface area contributed by atoms with Crippen molar-refractivity contribution in [1.82, 2.24) is 4.90 Å². The Kier molecular flexibility index (Phi) is 6.64. The minimum atomic E-state index is -0.530. The summed E-state index contributed by atoms with van der Waals surface area (Å²) in [7, 11) is 3.70. The van der Waals surface area contributed by atoms with E-state index < -0.39 is 5.60 Å². The highest BCUT2D eigenvalue weighted by Crippen LogP contribution is 2.43. The molecule has 160 valence electrons. The van der Waals surface area contributed by atoms with Crippen molar-refractivity contribution >= 4 is 12.0 Å². The van der Waals surface area contributed by atoms with Crippen molar-refractivity contribution < 1.29 is 19.0 Å². The van der Waals surface area contributed by atoms with Gasteiger partial charge < -0.3 is 14.2 Å². The summed E-state index contributed by atoms with van der Waals surface area (Å²) in [6.07, 6.45) is 2.93. The fourth-order valence-electron chi connectivity index (χ4n) is 3.61. The van der Waals surface area contributed by atoms with Gasteiger partial charge in [0.1, 0.15) is 23.7 Å². The van der Waals surface area contributed by atoms with Gasteiger partial charge >= 0.3 is 5.97 Å². The monoisotopic (exact) mass is 409 g/mol. The molecule has 1 aliphatic rings. The van der Waals surface area contributed by atoms with Crippen LogP contribution in [0.5, 0.6) is 5.75 Å². The second kappa shape index (κ2) is 9.02. The Labute approximate surface area is 179 Å². The maximum absolute atomic E-state index is 12.2. The number of carbonyl (C=O) groups is 1. The Morgan fingerprint density at radius 2 is 1.83 bits per heavy atom. The topological polar surface area (TPSA) is 48.0 Å². The van der Waals surface area contributed by atoms with Crippen LogP contribution in [0.4, 0.5) is 0 Å². The highest BCUT2D eigenvalue weighted by molar-refractivity contribution is 5.87. The number of benzene rings is 2. The van der Waals surface area contributed by atoms with Gasteiger partial charge in [0.15, 0.2) is 0 Å². The zero-order chi connectivity index (χ0) is 21.9. The third-order valence-corrected chi connectivity index (χ3v) is 5.22. The van der Waals surface area contributed by atoms with Gasteiger partial charge in [0, 0.05) is 17.7 Å². The number of likely N-dealkylation sites (N-methyl/N-ethyl adjacent to an activating group) is 1. The van der Waals surface area contributed by atoms with Gasteiger partial charge in [-0.2, -0.15) is 0 Å². The van der Waals surface area contributed by atoms with Gasteiger partial charge in [-0.05, 0) is 64.1 Å². The molecule has 3 rings (SSSR count). The van der Waals surface area contributed by atoms with E-state index in [0.717, 1.165) is 22.4 Å². The molecule has 1 saturated heterocycles. The number of hydrogen-bond donors (Lipinski definition) is 0. The van der Waals surface area contributed by atoms with E-state index in [-0.39, 0.29) is 24.3 Å². The van der Waals surface area contributed by atoms with Crippen LogP contribution in [0.2, 0.25) is 0 Å². The molecule has 1 fully saturated rings. The van der Waals surface area contributed by atoms with Crippen molar-refractivity contribution in [2.75, 3.05) is 14.2 Å². The SMILES string of the molecule is COc1ccc(/C=C/C(=O)OC(C)(C)C)c([C@@H]2O[C@@H](c3ccccc3)[C@H](C)N2C)c1. The second-order valence-electron chi connectivity index (χ2n) is 8.59. The molecule has 0 N–H and O–H groups in total. The summed E-state index contributed by atoms with van der Waals surface area (Å²) in [4.78, 5) is 14.4. The van der Waals surface area contributed by atoms with Gasteiger partial charge in [-0.25, -0.2) is 4.79 Å². The zero-order valence-electron chi connectivity index (χ0n) is 18.6. The number of rotatable bonds is 5. The third-order valence-electron chi connectivity index (χ3n) is 5.22. The maximum Gasteiger partial charge on any atom is 0.331 e.